The highest BCUT2D eigenvalue weighted by Gasteiger charge is 2.46. The lowest BCUT2D eigenvalue weighted by atomic mass is 9.94. The maximum absolute atomic E-state index is 13.1. The zero-order valence-electron chi connectivity index (χ0n) is 15.2. The number of hydrogen-bond acceptors (Lipinski definition) is 4. The number of halogens is 1. The number of benzene rings is 3. The van der Waals surface area contributed by atoms with Gasteiger partial charge in [0.1, 0.15) is 11.3 Å². The molecule has 4 rings (SSSR count). The van der Waals surface area contributed by atoms with Gasteiger partial charge in [0.15, 0.2) is 0 Å². The van der Waals surface area contributed by atoms with Gasteiger partial charge in [0.05, 0.1) is 12.7 Å². The van der Waals surface area contributed by atoms with Gasteiger partial charge in [-0.3, -0.25) is 4.79 Å². The van der Waals surface area contributed by atoms with E-state index >= 15 is 0 Å². The van der Waals surface area contributed by atoms with Crippen LogP contribution < -0.4 is 5.32 Å². The van der Waals surface area contributed by atoms with Gasteiger partial charge in [-0.05, 0) is 17.2 Å². The highest BCUT2D eigenvalue weighted by molar-refractivity contribution is 6.36. The van der Waals surface area contributed by atoms with Crippen molar-refractivity contribution in [2.75, 3.05) is 7.11 Å². The first-order valence-corrected chi connectivity index (χ1v) is 9.21. The predicted molar refractivity (Wildman–Crippen MR) is 107 cm³/mol. The van der Waals surface area contributed by atoms with Crippen molar-refractivity contribution in [2.24, 2.45) is 0 Å². The van der Waals surface area contributed by atoms with Gasteiger partial charge in [-0.2, -0.15) is 0 Å². The lowest BCUT2D eigenvalue weighted by molar-refractivity contribution is -0.147. The van der Waals surface area contributed by atoms with Crippen LogP contribution in [0.2, 0.25) is 5.02 Å². The highest BCUT2D eigenvalue weighted by Crippen LogP contribution is 2.36. The molecule has 0 aromatic heterocycles. The van der Waals surface area contributed by atoms with Crippen LogP contribution in [-0.4, -0.2) is 29.6 Å². The summed E-state index contributed by atoms with van der Waals surface area (Å²) < 4.78 is 4.99. The first-order chi connectivity index (χ1) is 13.4. The second-order valence-corrected chi connectivity index (χ2v) is 7.36. The van der Waals surface area contributed by atoms with Gasteiger partial charge in [0.25, 0.3) is 5.91 Å². The molecule has 0 fully saturated rings. The second-order valence-electron chi connectivity index (χ2n) is 6.95. The van der Waals surface area contributed by atoms with E-state index < -0.39 is 17.4 Å². The van der Waals surface area contributed by atoms with Crippen LogP contribution in [-0.2, 0) is 22.4 Å². The molecule has 3 aromatic rings. The summed E-state index contributed by atoms with van der Waals surface area (Å²) in [7, 11) is 1.30. The number of esters is 1. The quantitative estimate of drug-likeness (QED) is 0.664. The van der Waals surface area contributed by atoms with E-state index in [1.165, 1.54) is 13.2 Å². The Labute approximate surface area is 166 Å². The van der Waals surface area contributed by atoms with Crippen LogP contribution in [0.1, 0.15) is 21.5 Å². The molecule has 1 aliphatic carbocycles. The molecule has 6 heteroatoms. The summed E-state index contributed by atoms with van der Waals surface area (Å²) in [5.41, 5.74) is 0.756. The number of carbonyl (C=O) groups excluding carboxylic acids is 2. The minimum Gasteiger partial charge on any atom is -0.506 e. The molecular weight excluding hydrogens is 378 g/mol. The van der Waals surface area contributed by atoms with Gasteiger partial charge in [-0.15, -0.1) is 0 Å². The van der Waals surface area contributed by atoms with Crippen LogP contribution >= 0.6 is 11.6 Å². The van der Waals surface area contributed by atoms with Crippen LogP contribution in [0.15, 0.2) is 54.6 Å². The third kappa shape index (κ3) is 2.88. The predicted octanol–water partition coefficient (Wildman–Crippen LogP) is 3.64. The molecule has 1 aliphatic rings. The number of rotatable bonds is 3. The van der Waals surface area contributed by atoms with E-state index in [0.717, 1.165) is 11.1 Å². The van der Waals surface area contributed by atoms with Crippen LogP contribution in [0.5, 0.6) is 5.75 Å². The molecule has 0 bridgehead atoms. The summed E-state index contributed by atoms with van der Waals surface area (Å²) in [6.45, 7) is 0. The third-order valence-corrected chi connectivity index (χ3v) is 5.55. The zero-order valence-corrected chi connectivity index (χ0v) is 15.9. The van der Waals surface area contributed by atoms with Crippen molar-refractivity contribution in [1.29, 1.82) is 0 Å². The fraction of sp³-hybridized carbons (Fsp3) is 0.182. The van der Waals surface area contributed by atoms with E-state index in [1.807, 2.05) is 24.3 Å². The number of amides is 1. The Morgan fingerprint density at radius 1 is 1.04 bits per heavy atom. The number of hydrogen-bond donors (Lipinski definition) is 2. The Hall–Kier alpha value is -3.05. The molecule has 0 atom stereocenters. The average Bonchev–Trinajstić information content (AvgIpc) is 3.09. The number of methoxy groups -OCH3 is 1. The molecule has 0 radical (unpaired) electrons. The smallest absolute Gasteiger partial charge is 0.332 e. The lowest BCUT2D eigenvalue weighted by Gasteiger charge is -2.27. The fourth-order valence-corrected chi connectivity index (χ4v) is 4.14. The molecule has 0 spiro atoms. The van der Waals surface area contributed by atoms with E-state index in [9.17, 15) is 14.7 Å². The molecule has 142 valence electrons. The molecule has 3 aromatic carbocycles. The van der Waals surface area contributed by atoms with E-state index in [2.05, 4.69) is 5.32 Å². The highest BCUT2D eigenvalue weighted by atomic mass is 35.5. The van der Waals surface area contributed by atoms with Gasteiger partial charge in [0, 0.05) is 28.6 Å². The van der Waals surface area contributed by atoms with Crippen LogP contribution in [0.3, 0.4) is 0 Å². The van der Waals surface area contributed by atoms with E-state index in [1.54, 1.807) is 24.3 Å². The molecule has 5 nitrogen and oxygen atoms in total. The maximum atomic E-state index is 13.1. The number of phenols is 1. The number of fused-ring (bicyclic) bond motifs is 2. The number of phenolic OH excluding ortho intramolecular Hbond substituents is 1. The van der Waals surface area contributed by atoms with Crippen LogP contribution in [0.4, 0.5) is 0 Å². The number of carbonyl (C=O) groups is 2. The van der Waals surface area contributed by atoms with Crippen molar-refractivity contribution in [2.45, 2.75) is 18.4 Å². The average molecular weight is 396 g/mol. The van der Waals surface area contributed by atoms with E-state index in [0.29, 0.717) is 28.6 Å². The molecule has 0 saturated carbocycles. The Morgan fingerprint density at radius 3 is 2.21 bits per heavy atom. The standard InChI is InChI=1S/C22H18ClNO4/c1-28-21(27)22(11-13-6-2-3-7-14(13)12-22)24-20(26)17-10-18(23)15-8-4-5-9-16(15)19(17)25/h2-10,25H,11-12H2,1H3,(H,24,26). The van der Waals surface area contributed by atoms with Gasteiger partial charge < -0.3 is 15.2 Å². The first-order valence-electron chi connectivity index (χ1n) is 8.83. The maximum Gasteiger partial charge on any atom is 0.332 e. The molecule has 0 heterocycles. The third-order valence-electron chi connectivity index (χ3n) is 5.24. The van der Waals surface area contributed by atoms with Crippen molar-refractivity contribution in [3.05, 3.63) is 76.3 Å². The number of nitrogens with one attached hydrogen (secondary N) is 1. The number of aromatic hydroxyl groups is 1. The Balaban J connectivity index is 1.73. The largest absolute Gasteiger partial charge is 0.506 e. The number of ether oxygens (including phenoxy) is 1. The summed E-state index contributed by atoms with van der Waals surface area (Å²) in [5.74, 6) is -1.28. The minimum absolute atomic E-state index is 0.0166. The SMILES string of the molecule is COC(=O)C1(NC(=O)c2cc(Cl)c3ccccc3c2O)Cc2ccccc2C1. The van der Waals surface area contributed by atoms with Gasteiger partial charge >= 0.3 is 5.97 Å². The topological polar surface area (TPSA) is 75.6 Å². The lowest BCUT2D eigenvalue weighted by Crippen LogP contribution is -2.56. The van der Waals surface area contributed by atoms with Gasteiger partial charge in [0.2, 0.25) is 0 Å². The van der Waals surface area contributed by atoms with Crippen LogP contribution in [0.25, 0.3) is 10.8 Å². The molecular formula is C22H18ClNO4. The summed E-state index contributed by atoms with van der Waals surface area (Å²) >= 11 is 6.31. The molecule has 0 saturated heterocycles. The van der Waals surface area contributed by atoms with Gasteiger partial charge in [-0.1, -0.05) is 60.1 Å². The molecule has 1 amide bonds. The second kappa shape index (κ2) is 6.84. The van der Waals surface area contributed by atoms with Crippen molar-refractivity contribution in [3.8, 4) is 5.75 Å². The summed E-state index contributed by atoms with van der Waals surface area (Å²) in [5, 5.41) is 14.9. The fourth-order valence-electron chi connectivity index (χ4n) is 3.87. The minimum atomic E-state index is -1.22. The molecule has 0 unspecified atom stereocenters. The van der Waals surface area contributed by atoms with Crippen molar-refractivity contribution < 1.29 is 19.4 Å². The van der Waals surface area contributed by atoms with E-state index in [4.69, 9.17) is 16.3 Å². The van der Waals surface area contributed by atoms with Crippen LogP contribution in [0, 0.1) is 0 Å². The van der Waals surface area contributed by atoms with Crippen molar-refractivity contribution in [3.63, 3.8) is 0 Å². The van der Waals surface area contributed by atoms with Gasteiger partial charge in [-0.25, -0.2) is 4.79 Å². The monoisotopic (exact) mass is 395 g/mol. The summed E-state index contributed by atoms with van der Waals surface area (Å²) in [6, 6.07) is 16.1. The summed E-state index contributed by atoms with van der Waals surface area (Å²) in [6.07, 6.45) is 0.646. The molecule has 2 N–H and O–H groups in total. The van der Waals surface area contributed by atoms with E-state index in [-0.39, 0.29) is 11.3 Å². The first kappa shape index (κ1) is 18.3. The zero-order chi connectivity index (χ0) is 19.9. The molecule has 0 aliphatic heterocycles. The Morgan fingerprint density at radius 2 is 1.61 bits per heavy atom. The Bertz CT molecular complexity index is 1080. The van der Waals surface area contributed by atoms with Crippen molar-refractivity contribution >= 4 is 34.2 Å². The van der Waals surface area contributed by atoms with Crippen molar-refractivity contribution in [1.82, 2.24) is 5.32 Å². The molecule has 28 heavy (non-hydrogen) atoms. The summed E-state index contributed by atoms with van der Waals surface area (Å²) in [4.78, 5) is 25.7. The Kier molecular flexibility index (Phi) is 4.47. The normalized spacial score (nSPS) is 14.5.